The van der Waals surface area contributed by atoms with Crippen molar-refractivity contribution in [1.29, 1.82) is 0 Å². The maximum Gasteiger partial charge on any atom is 0.246 e. The monoisotopic (exact) mass is 424 g/mol. The first-order valence-electron chi connectivity index (χ1n) is 9.84. The lowest BCUT2D eigenvalue weighted by Gasteiger charge is -2.20. The number of methoxy groups -OCH3 is 1. The summed E-state index contributed by atoms with van der Waals surface area (Å²) in [6.07, 6.45) is 1.74. The van der Waals surface area contributed by atoms with E-state index in [1.54, 1.807) is 29.8 Å². The molecule has 0 atom stereocenters. The molecular formula is C23H25FN4O3. The van der Waals surface area contributed by atoms with E-state index >= 15 is 0 Å². The summed E-state index contributed by atoms with van der Waals surface area (Å²) in [7, 11) is 1.53. The van der Waals surface area contributed by atoms with Crippen LogP contribution in [0, 0.1) is 12.7 Å². The highest BCUT2D eigenvalue weighted by Crippen LogP contribution is 2.25. The van der Waals surface area contributed by atoms with Gasteiger partial charge in [0.1, 0.15) is 12.4 Å². The predicted molar refractivity (Wildman–Crippen MR) is 116 cm³/mol. The van der Waals surface area contributed by atoms with Gasteiger partial charge in [-0.05, 0) is 24.6 Å². The van der Waals surface area contributed by atoms with Gasteiger partial charge in [0, 0.05) is 32.3 Å². The van der Waals surface area contributed by atoms with Gasteiger partial charge >= 0.3 is 0 Å². The second kappa shape index (κ2) is 9.99. The minimum absolute atomic E-state index is 0.144. The Morgan fingerprint density at radius 2 is 1.94 bits per heavy atom. The van der Waals surface area contributed by atoms with E-state index in [1.165, 1.54) is 25.0 Å². The van der Waals surface area contributed by atoms with Crippen molar-refractivity contribution >= 4 is 17.8 Å². The number of aryl methyl sites for hydroxylation is 1. The summed E-state index contributed by atoms with van der Waals surface area (Å²) in [5, 5.41) is 2.75. The number of amides is 2. The normalized spacial score (nSPS) is 10.7. The Hall–Kier alpha value is -3.52. The largest absolute Gasteiger partial charge is 0.383 e. The first kappa shape index (κ1) is 22.2. The number of hydrogen-bond donors (Lipinski definition) is 1. The van der Waals surface area contributed by atoms with Gasteiger partial charge in [0.15, 0.2) is 0 Å². The number of aromatic nitrogens is 2. The van der Waals surface area contributed by atoms with Crippen molar-refractivity contribution < 1.29 is 18.7 Å². The third kappa shape index (κ3) is 5.55. The Bertz CT molecular complexity index is 1070. The van der Waals surface area contributed by atoms with E-state index in [9.17, 15) is 14.0 Å². The lowest BCUT2D eigenvalue weighted by Crippen LogP contribution is -2.38. The van der Waals surface area contributed by atoms with Crippen molar-refractivity contribution in [1.82, 2.24) is 14.5 Å². The molecule has 0 unspecified atom stereocenters. The number of halogens is 1. The molecule has 2 aromatic carbocycles. The fourth-order valence-corrected chi connectivity index (χ4v) is 3.03. The molecule has 31 heavy (non-hydrogen) atoms. The number of imidazole rings is 1. The van der Waals surface area contributed by atoms with E-state index in [-0.39, 0.29) is 24.2 Å². The molecule has 0 radical (unpaired) electrons. The van der Waals surface area contributed by atoms with Crippen molar-refractivity contribution in [3.05, 3.63) is 66.1 Å². The molecule has 1 aromatic heterocycles. The average Bonchev–Trinajstić information content (AvgIpc) is 3.17. The molecule has 3 aromatic rings. The molecule has 1 heterocycles. The summed E-state index contributed by atoms with van der Waals surface area (Å²) in [5.41, 5.74) is 2.53. The van der Waals surface area contributed by atoms with E-state index < -0.39 is 5.91 Å². The van der Waals surface area contributed by atoms with Crippen LogP contribution in [0.1, 0.15) is 12.5 Å². The molecule has 0 saturated heterocycles. The summed E-state index contributed by atoms with van der Waals surface area (Å²) in [4.78, 5) is 30.4. The second-order valence-electron chi connectivity index (χ2n) is 7.10. The standard InChI is InChI=1S/C23H25FN4O3/c1-16-9-10-19(13-20(16)24)28-14-21(18-7-5-4-6-8-18)25-23(28)26-22(30)15-27(17(2)29)11-12-31-3/h4-10,13-14H,11-12,15H2,1-3H3,(H,25,26,30). The number of nitrogens with one attached hydrogen (secondary N) is 1. The van der Waals surface area contributed by atoms with Gasteiger partial charge in [-0.3, -0.25) is 19.5 Å². The maximum absolute atomic E-state index is 14.2. The Labute approximate surface area is 180 Å². The minimum Gasteiger partial charge on any atom is -0.383 e. The first-order valence-corrected chi connectivity index (χ1v) is 9.84. The van der Waals surface area contributed by atoms with Crippen LogP contribution in [0.15, 0.2) is 54.7 Å². The van der Waals surface area contributed by atoms with Crippen LogP contribution >= 0.6 is 0 Å². The van der Waals surface area contributed by atoms with Gasteiger partial charge in [-0.15, -0.1) is 0 Å². The van der Waals surface area contributed by atoms with Gasteiger partial charge in [0.05, 0.1) is 18.0 Å². The fraction of sp³-hybridized carbons (Fsp3) is 0.261. The molecule has 0 bridgehead atoms. The molecule has 0 fully saturated rings. The average molecular weight is 424 g/mol. The Morgan fingerprint density at radius 3 is 2.58 bits per heavy atom. The van der Waals surface area contributed by atoms with Gasteiger partial charge in [-0.2, -0.15) is 0 Å². The van der Waals surface area contributed by atoms with Crippen LogP contribution in [-0.2, 0) is 14.3 Å². The van der Waals surface area contributed by atoms with Crippen LogP contribution < -0.4 is 5.32 Å². The highest BCUT2D eigenvalue weighted by molar-refractivity contribution is 5.93. The molecule has 1 N–H and O–H groups in total. The molecule has 0 saturated carbocycles. The number of nitrogens with zero attached hydrogens (tertiary/aromatic N) is 3. The minimum atomic E-state index is -0.412. The Kier molecular flexibility index (Phi) is 7.15. The van der Waals surface area contributed by atoms with E-state index in [4.69, 9.17) is 4.74 Å². The topological polar surface area (TPSA) is 76.5 Å². The number of ether oxygens (including phenoxy) is 1. The van der Waals surface area contributed by atoms with Crippen molar-refractivity contribution in [2.24, 2.45) is 0 Å². The van der Waals surface area contributed by atoms with Gasteiger partial charge in [0.25, 0.3) is 0 Å². The lowest BCUT2D eigenvalue weighted by atomic mass is 10.2. The highest BCUT2D eigenvalue weighted by Gasteiger charge is 2.18. The van der Waals surface area contributed by atoms with E-state index in [2.05, 4.69) is 10.3 Å². The summed E-state index contributed by atoms with van der Waals surface area (Å²) in [6.45, 7) is 3.55. The van der Waals surface area contributed by atoms with Crippen molar-refractivity contribution in [3.63, 3.8) is 0 Å². The van der Waals surface area contributed by atoms with E-state index in [1.807, 2.05) is 30.3 Å². The van der Waals surface area contributed by atoms with Gasteiger partial charge in [-0.25, -0.2) is 9.37 Å². The summed E-state index contributed by atoms with van der Waals surface area (Å²) in [5.74, 6) is -0.763. The fourth-order valence-electron chi connectivity index (χ4n) is 3.03. The van der Waals surface area contributed by atoms with Crippen LogP contribution in [0.25, 0.3) is 16.9 Å². The molecule has 7 nitrogen and oxygen atoms in total. The van der Waals surface area contributed by atoms with Crippen LogP contribution in [0.4, 0.5) is 10.3 Å². The zero-order valence-electron chi connectivity index (χ0n) is 17.8. The summed E-state index contributed by atoms with van der Waals surface area (Å²) in [6, 6.07) is 14.3. The molecule has 2 amide bonds. The second-order valence-corrected chi connectivity index (χ2v) is 7.10. The third-order valence-corrected chi connectivity index (χ3v) is 4.81. The number of anilines is 1. The Morgan fingerprint density at radius 1 is 1.19 bits per heavy atom. The van der Waals surface area contributed by atoms with Gasteiger partial charge < -0.3 is 9.64 Å². The zero-order chi connectivity index (χ0) is 22.4. The predicted octanol–water partition coefficient (Wildman–Crippen LogP) is 3.42. The van der Waals surface area contributed by atoms with Gasteiger partial charge in [0.2, 0.25) is 17.8 Å². The first-order chi connectivity index (χ1) is 14.9. The van der Waals surface area contributed by atoms with Crippen LogP contribution in [0.5, 0.6) is 0 Å². The molecule has 0 aliphatic heterocycles. The van der Waals surface area contributed by atoms with Crippen molar-refractivity contribution in [3.8, 4) is 16.9 Å². The number of hydrogen-bond acceptors (Lipinski definition) is 4. The van der Waals surface area contributed by atoms with Crippen LogP contribution in [0.2, 0.25) is 0 Å². The summed E-state index contributed by atoms with van der Waals surface area (Å²) < 4.78 is 20.8. The SMILES string of the molecule is COCCN(CC(=O)Nc1nc(-c2ccccc2)cn1-c1ccc(C)c(F)c1)C(C)=O. The number of rotatable bonds is 8. The molecule has 162 valence electrons. The van der Waals surface area contributed by atoms with Gasteiger partial charge in [-0.1, -0.05) is 36.4 Å². The molecule has 8 heteroatoms. The molecule has 0 aliphatic rings. The molecular weight excluding hydrogens is 399 g/mol. The number of carbonyl (C=O) groups is 2. The molecule has 0 aliphatic carbocycles. The molecule has 0 spiro atoms. The van der Waals surface area contributed by atoms with Crippen molar-refractivity contribution in [2.45, 2.75) is 13.8 Å². The van der Waals surface area contributed by atoms with Crippen LogP contribution in [-0.4, -0.2) is 53.1 Å². The smallest absolute Gasteiger partial charge is 0.246 e. The third-order valence-electron chi connectivity index (χ3n) is 4.81. The highest BCUT2D eigenvalue weighted by atomic mass is 19.1. The number of benzene rings is 2. The lowest BCUT2D eigenvalue weighted by molar-refractivity contribution is -0.133. The summed E-state index contributed by atoms with van der Waals surface area (Å²) >= 11 is 0. The maximum atomic E-state index is 14.2. The van der Waals surface area contributed by atoms with E-state index in [0.29, 0.717) is 30.1 Å². The quantitative estimate of drug-likeness (QED) is 0.601. The molecule has 3 rings (SSSR count). The Balaban J connectivity index is 1.92. The van der Waals surface area contributed by atoms with Crippen LogP contribution in [0.3, 0.4) is 0 Å². The van der Waals surface area contributed by atoms with Crippen molar-refractivity contribution in [2.75, 3.05) is 32.1 Å². The number of carbonyl (C=O) groups excluding carboxylic acids is 2. The van der Waals surface area contributed by atoms with E-state index in [0.717, 1.165) is 5.56 Å². The zero-order valence-corrected chi connectivity index (χ0v) is 17.8.